The van der Waals surface area contributed by atoms with Gasteiger partial charge in [-0.3, -0.25) is 4.79 Å². The molecule has 3 nitrogen and oxygen atoms in total. The number of hydrogen-bond donors (Lipinski definition) is 1. The summed E-state index contributed by atoms with van der Waals surface area (Å²) in [5.74, 6) is 0.304. The molecule has 1 rings (SSSR count). The zero-order valence-electron chi connectivity index (χ0n) is 11.0. The Balaban J connectivity index is 2.57. The van der Waals surface area contributed by atoms with Crippen LogP contribution in [0.3, 0.4) is 0 Å². The number of nitrogens with one attached hydrogen (secondary N) is 1. The number of esters is 1. The second-order valence-electron chi connectivity index (χ2n) is 4.50. The molecule has 0 aliphatic heterocycles. The zero-order chi connectivity index (χ0) is 12.8. The molecule has 0 aromatic heterocycles. The fourth-order valence-corrected chi connectivity index (χ4v) is 1.60. The lowest BCUT2D eigenvalue weighted by molar-refractivity contribution is -0.139. The number of benzene rings is 1. The lowest BCUT2D eigenvalue weighted by Crippen LogP contribution is -2.26. The molecule has 0 spiro atoms. The SMILES string of the molecule is COC(=O)CNC(C)c1ccc(C(C)C)cc1. The zero-order valence-corrected chi connectivity index (χ0v) is 11.0. The van der Waals surface area contributed by atoms with E-state index in [0.717, 1.165) is 0 Å². The van der Waals surface area contributed by atoms with Gasteiger partial charge in [-0.1, -0.05) is 38.1 Å². The minimum Gasteiger partial charge on any atom is -0.468 e. The molecule has 0 fully saturated rings. The molecule has 0 radical (unpaired) electrons. The minimum atomic E-state index is -0.240. The quantitative estimate of drug-likeness (QED) is 0.797. The summed E-state index contributed by atoms with van der Waals surface area (Å²) in [6.07, 6.45) is 0. The van der Waals surface area contributed by atoms with Crippen molar-refractivity contribution in [2.24, 2.45) is 0 Å². The van der Waals surface area contributed by atoms with Gasteiger partial charge < -0.3 is 10.1 Å². The van der Waals surface area contributed by atoms with Gasteiger partial charge in [0.25, 0.3) is 0 Å². The number of carbonyl (C=O) groups is 1. The first-order chi connectivity index (χ1) is 8.04. The van der Waals surface area contributed by atoms with Crippen LogP contribution >= 0.6 is 0 Å². The molecular weight excluding hydrogens is 214 g/mol. The summed E-state index contributed by atoms with van der Waals surface area (Å²) in [7, 11) is 1.39. The summed E-state index contributed by atoms with van der Waals surface area (Å²) in [4.78, 5) is 11.0. The van der Waals surface area contributed by atoms with E-state index < -0.39 is 0 Å². The number of ether oxygens (including phenoxy) is 1. The van der Waals surface area contributed by atoms with Crippen molar-refractivity contribution < 1.29 is 9.53 Å². The Labute approximate surface area is 103 Å². The average Bonchev–Trinajstić information content (AvgIpc) is 2.35. The van der Waals surface area contributed by atoms with Gasteiger partial charge in [0.2, 0.25) is 0 Å². The molecule has 1 aromatic rings. The molecule has 17 heavy (non-hydrogen) atoms. The van der Waals surface area contributed by atoms with Crippen molar-refractivity contribution in [3.05, 3.63) is 35.4 Å². The minimum absolute atomic E-state index is 0.148. The Kier molecular flexibility index (Phi) is 5.16. The smallest absolute Gasteiger partial charge is 0.319 e. The van der Waals surface area contributed by atoms with Crippen LogP contribution in [0.5, 0.6) is 0 Å². The van der Waals surface area contributed by atoms with Crippen molar-refractivity contribution in [2.45, 2.75) is 32.7 Å². The normalized spacial score (nSPS) is 12.5. The topological polar surface area (TPSA) is 38.3 Å². The molecule has 0 saturated carbocycles. The highest BCUT2D eigenvalue weighted by Gasteiger charge is 2.08. The number of carbonyl (C=O) groups excluding carboxylic acids is 1. The van der Waals surface area contributed by atoms with Gasteiger partial charge in [0.1, 0.15) is 0 Å². The van der Waals surface area contributed by atoms with Crippen molar-refractivity contribution in [2.75, 3.05) is 13.7 Å². The van der Waals surface area contributed by atoms with Crippen molar-refractivity contribution in [3.8, 4) is 0 Å². The molecule has 1 N–H and O–H groups in total. The average molecular weight is 235 g/mol. The van der Waals surface area contributed by atoms with E-state index >= 15 is 0 Å². The third-order valence-electron chi connectivity index (χ3n) is 2.88. The fraction of sp³-hybridized carbons (Fsp3) is 0.500. The van der Waals surface area contributed by atoms with Crippen molar-refractivity contribution >= 4 is 5.97 Å². The van der Waals surface area contributed by atoms with E-state index in [-0.39, 0.29) is 18.6 Å². The van der Waals surface area contributed by atoms with Gasteiger partial charge >= 0.3 is 5.97 Å². The van der Waals surface area contributed by atoms with Crippen LogP contribution in [0.2, 0.25) is 0 Å². The summed E-state index contributed by atoms with van der Waals surface area (Å²) in [5.41, 5.74) is 2.51. The van der Waals surface area contributed by atoms with Crippen LogP contribution in [0.25, 0.3) is 0 Å². The summed E-state index contributed by atoms with van der Waals surface area (Å²) >= 11 is 0. The van der Waals surface area contributed by atoms with Crippen LogP contribution in [0.1, 0.15) is 43.9 Å². The second-order valence-corrected chi connectivity index (χ2v) is 4.50. The van der Waals surface area contributed by atoms with Crippen molar-refractivity contribution in [1.29, 1.82) is 0 Å². The molecule has 1 aromatic carbocycles. The van der Waals surface area contributed by atoms with E-state index in [2.05, 4.69) is 48.2 Å². The van der Waals surface area contributed by atoms with Gasteiger partial charge in [-0.15, -0.1) is 0 Å². The number of rotatable bonds is 5. The molecule has 1 atom stereocenters. The fourth-order valence-electron chi connectivity index (χ4n) is 1.60. The van der Waals surface area contributed by atoms with E-state index in [9.17, 15) is 4.79 Å². The third-order valence-corrected chi connectivity index (χ3v) is 2.88. The van der Waals surface area contributed by atoms with Gasteiger partial charge in [-0.2, -0.15) is 0 Å². The molecule has 0 aliphatic carbocycles. The third kappa shape index (κ3) is 4.19. The van der Waals surface area contributed by atoms with Crippen LogP contribution in [0.4, 0.5) is 0 Å². The van der Waals surface area contributed by atoms with Crippen molar-refractivity contribution in [3.63, 3.8) is 0 Å². The molecule has 0 heterocycles. The molecule has 94 valence electrons. The van der Waals surface area contributed by atoms with E-state index in [1.165, 1.54) is 18.2 Å². The first-order valence-corrected chi connectivity index (χ1v) is 5.94. The van der Waals surface area contributed by atoms with Crippen molar-refractivity contribution in [1.82, 2.24) is 5.32 Å². The Hall–Kier alpha value is -1.35. The standard InChI is InChI=1S/C14H21NO2/c1-10(2)12-5-7-13(8-6-12)11(3)15-9-14(16)17-4/h5-8,10-11,15H,9H2,1-4H3. The first-order valence-electron chi connectivity index (χ1n) is 5.94. The predicted octanol–water partition coefficient (Wildman–Crippen LogP) is 2.63. The van der Waals surface area contributed by atoms with Crippen LogP contribution in [-0.2, 0) is 9.53 Å². The number of methoxy groups -OCH3 is 1. The summed E-state index contributed by atoms with van der Waals surface area (Å²) in [6, 6.07) is 8.62. The second kappa shape index (κ2) is 6.40. The maximum atomic E-state index is 11.0. The summed E-state index contributed by atoms with van der Waals surface area (Å²) in [5, 5.41) is 3.12. The van der Waals surface area contributed by atoms with Gasteiger partial charge in [0, 0.05) is 6.04 Å². The lowest BCUT2D eigenvalue weighted by atomic mass is 10.00. The van der Waals surface area contributed by atoms with Crippen LogP contribution < -0.4 is 5.32 Å². The largest absolute Gasteiger partial charge is 0.468 e. The molecule has 3 heteroatoms. The molecular formula is C14H21NO2. The molecule has 0 aliphatic rings. The molecule has 0 amide bonds. The van der Waals surface area contributed by atoms with Gasteiger partial charge in [0.05, 0.1) is 13.7 Å². The monoisotopic (exact) mass is 235 g/mol. The Morgan fingerprint density at radius 3 is 2.18 bits per heavy atom. The van der Waals surface area contributed by atoms with Gasteiger partial charge in [-0.05, 0) is 24.0 Å². The van der Waals surface area contributed by atoms with Crippen LogP contribution in [0.15, 0.2) is 24.3 Å². The van der Waals surface area contributed by atoms with E-state index in [1.807, 2.05) is 6.92 Å². The summed E-state index contributed by atoms with van der Waals surface area (Å²) < 4.78 is 4.59. The highest BCUT2D eigenvalue weighted by atomic mass is 16.5. The van der Waals surface area contributed by atoms with E-state index in [4.69, 9.17) is 0 Å². The Morgan fingerprint density at radius 2 is 1.71 bits per heavy atom. The van der Waals surface area contributed by atoms with E-state index in [0.29, 0.717) is 5.92 Å². The number of hydrogen-bond acceptors (Lipinski definition) is 3. The Morgan fingerprint density at radius 1 is 1.18 bits per heavy atom. The molecule has 0 bridgehead atoms. The Bertz CT molecular complexity index is 357. The molecule has 0 saturated heterocycles. The first kappa shape index (κ1) is 13.7. The maximum absolute atomic E-state index is 11.0. The van der Waals surface area contributed by atoms with E-state index in [1.54, 1.807) is 0 Å². The highest BCUT2D eigenvalue weighted by molar-refractivity contribution is 5.71. The highest BCUT2D eigenvalue weighted by Crippen LogP contribution is 2.18. The van der Waals surface area contributed by atoms with Crippen LogP contribution in [0, 0.1) is 0 Å². The predicted molar refractivity (Wildman–Crippen MR) is 69.0 cm³/mol. The van der Waals surface area contributed by atoms with Gasteiger partial charge in [0.15, 0.2) is 0 Å². The lowest BCUT2D eigenvalue weighted by Gasteiger charge is -2.14. The summed E-state index contributed by atoms with van der Waals surface area (Å²) in [6.45, 7) is 6.62. The maximum Gasteiger partial charge on any atom is 0.319 e. The van der Waals surface area contributed by atoms with Crippen LogP contribution in [-0.4, -0.2) is 19.6 Å². The van der Waals surface area contributed by atoms with Gasteiger partial charge in [-0.25, -0.2) is 0 Å². The molecule has 1 unspecified atom stereocenters.